The second kappa shape index (κ2) is 9.43. The molecule has 2 aromatic heterocycles. The predicted octanol–water partition coefficient (Wildman–Crippen LogP) is 4.19. The van der Waals surface area contributed by atoms with Crippen molar-refractivity contribution in [2.75, 3.05) is 5.32 Å². The van der Waals surface area contributed by atoms with Gasteiger partial charge in [-0.25, -0.2) is 4.68 Å². The molecule has 3 aromatic rings. The molecule has 3 rings (SSSR count). The number of rotatable bonds is 8. The number of aromatic nitrogens is 2. The van der Waals surface area contributed by atoms with Crippen molar-refractivity contribution < 1.29 is 14.0 Å². The van der Waals surface area contributed by atoms with Crippen LogP contribution in [0.3, 0.4) is 0 Å². The highest BCUT2D eigenvalue weighted by molar-refractivity contribution is 5.90. The minimum absolute atomic E-state index is 0.108. The van der Waals surface area contributed by atoms with Gasteiger partial charge in [-0.1, -0.05) is 39.0 Å². The van der Waals surface area contributed by atoms with Crippen LogP contribution in [0.5, 0.6) is 0 Å². The Hall–Kier alpha value is -3.35. The number of anilines is 1. The van der Waals surface area contributed by atoms with E-state index in [0.717, 1.165) is 11.4 Å². The molecule has 0 spiro atoms. The molecule has 0 aliphatic carbocycles. The van der Waals surface area contributed by atoms with Crippen LogP contribution < -0.4 is 10.6 Å². The highest BCUT2D eigenvalue weighted by Gasteiger charge is 2.21. The Kier molecular flexibility index (Phi) is 6.72. The molecule has 1 aromatic carbocycles. The molecule has 0 saturated carbocycles. The van der Waals surface area contributed by atoms with E-state index in [-0.39, 0.29) is 30.1 Å². The third-order valence-electron chi connectivity index (χ3n) is 4.59. The highest BCUT2D eigenvalue weighted by atomic mass is 16.3. The maximum Gasteiger partial charge on any atom is 0.225 e. The van der Waals surface area contributed by atoms with E-state index in [4.69, 9.17) is 9.52 Å². The minimum atomic E-state index is -0.147. The molecule has 7 heteroatoms. The maximum absolute atomic E-state index is 12.5. The Labute approximate surface area is 176 Å². The molecule has 0 saturated heterocycles. The van der Waals surface area contributed by atoms with E-state index >= 15 is 0 Å². The van der Waals surface area contributed by atoms with Crippen molar-refractivity contribution in [1.29, 1.82) is 0 Å². The van der Waals surface area contributed by atoms with Gasteiger partial charge in [0.2, 0.25) is 11.8 Å². The second-order valence-electron chi connectivity index (χ2n) is 8.17. The molecule has 0 bridgehead atoms. The van der Waals surface area contributed by atoms with E-state index in [2.05, 4.69) is 31.4 Å². The zero-order valence-corrected chi connectivity index (χ0v) is 17.6. The summed E-state index contributed by atoms with van der Waals surface area (Å²) in [6.45, 7) is 6.59. The van der Waals surface area contributed by atoms with E-state index in [0.29, 0.717) is 24.5 Å². The number of furan rings is 1. The Morgan fingerprint density at radius 1 is 1.03 bits per heavy atom. The van der Waals surface area contributed by atoms with Gasteiger partial charge in [-0.3, -0.25) is 9.59 Å². The van der Waals surface area contributed by atoms with E-state index < -0.39 is 0 Å². The van der Waals surface area contributed by atoms with E-state index in [1.54, 1.807) is 23.1 Å². The largest absolute Gasteiger partial charge is 0.467 e. The van der Waals surface area contributed by atoms with Gasteiger partial charge in [0.1, 0.15) is 11.6 Å². The number of nitrogens with one attached hydrogen (secondary N) is 2. The normalized spacial score (nSPS) is 11.3. The number of para-hydroxylation sites is 1. The first-order valence-corrected chi connectivity index (χ1v) is 10.1. The fourth-order valence-electron chi connectivity index (χ4n) is 2.90. The third kappa shape index (κ3) is 5.83. The molecule has 0 aliphatic rings. The summed E-state index contributed by atoms with van der Waals surface area (Å²) in [4.78, 5) is 24.4. The molecule has 2 N–H and O–H groups in total. The van der Waals surface area contributed by atoms with Gasteiger partial charge in [-0.15, -0.1) is 0 Å². The van der Waals surface area contributed by atoms with Crippen molar-refractivity contribution in [3.05, 3.63) is 66.2 Å². The minimum Gasteiger partial charge on any atom is -0.467 e. The monoisotopic (exact) mass is 408 g/mol. The molecular weight excluding hydrogens is 380 g/mol. The lowest BCUT2D eigenvalue weighted by Gasteiger charge is -2.14. The number of amides is 2. The van der Waals surface area contributed by atoms with Crippen LogP contribution in [0.15, 0.2) is 59.2 Å². The molecule has 7 nitrogen and oxygen atoms in total. The van der Waals surface area contributed by atoms with Crippen molar-refractivity contribution in [3.8, 4) is 5.69 Å². The Morgan fingerprint density at radius 2 is 1.77 bits per heavy atom. The summed E-state index contributed by atoms with van der Waals surface area (Å²) in [6, 6.07) is 15.2. The first-order valence-electron chi connectivity index (χ1n) is 10.1. The van der Waals surface area contributed by atoms with Crippen LogP contribution in [-0.2, 0) is 21.5 Å². The summed E-state index contributed by atoms with van der Waals surface area (Å²) >= 11 is 0. The smallest absolute Gasteiger partial charge is 0.225 e. The molecule has 0 atom stereocenters. The van der Waals surface area contributed by atoms with Gasteiger partial charge < -0.3 is 15.1 Å². The van der Waals surface area contributed by atoms with Crippen LogP contribution >= 0.6 is 0 Å². The molecule has 0 aliphatic heterocycles. The summed E-state index contributed by atoms with van der Waals surface area (Å²) in [6.07, 6.45) is 2.55. The van der Waals surface area contributed by atoms with Gasteiger partial charge in [-0.2, -0.15) is 5.10 Å². The van der Waals surface area contributed by atoms with E-state index in [1.165, 1.54) is 0 Å². The fourth-order valence-corrected chi connectivity index (χ4v) is 2.90. The predicted molar refractivity (Wildman–Crippen MR) is 115 cm³/mol. The van der Waals surface area contributed by atoms with Crippen LogP contribution in [0, 0.1) is 0 Å². The first-order chi connectivity index (χ1) is 14.3. The van der Waals surface area contributed by atoms with Gasteiger partial charge in [0.05, 0.1) is 24.2 Å². The number of hydrogen-bond acceptors (Lipinski definition) is 4. The highest BCUT2D eigenvalue weighted by Crippen LogP contribution is 2.26. The van der Waals surface area contributed by atoms with E-state index in [9.17, 15) is 9.59 Å². The van der Waals surface area contributed by atoms with Crippen molar-refractivity contribution >= 4 is 17.6 Å². The summed E-state index contributed by atoms with van der Waals surface area (Å²) in [5, 5.41) is 10.4. The number of hydrogen-bond donors (Lipinski definition) is 2. The van der Waals surface area contributed by atoms with Gasteiger partial charge in [0, 0.05) is 24.3 Å². The lowest BCUT2D eigenvalue weighted by atomic mass is 9.92. The number of benzene rings is 1. The summed E-state index contributed by atoms with van der Waals surface area (Å²) in [5.41, 5.74) is 1.62. The summed E-state index contributed by atoms with van der Waals surface area (Å²) < 4.78 is 6.92. The zero-order chi connectivity index (χ0) is 21.6. The third-order valence-corrected chi connectivity index (χ3v) is 4.59. The number of nitrogens with zero attached hydrogens (tertiary/aromatic N) is 2. The lowest BCUT2D eigenvalue weighted by Crippen LogP contribution is -2.22. The number of carbonyl (C=O) groups excluding carboxylic acids is 2. The molecule has 2 amide bonds. The Morgan fingerprint density at radius 3 is 2.43 bits per heavy atom. The van der Waals surface area contributed by atoms with Crippen LogP contribution in [-0.4, -0.2) is 21.6 Å². The second-order valence-corrected chi connectivity index (χ2v) is 8.17. The van der Waals surface area contributed by atoms with Gasteiger partial charge in [0.25, 0.3) is 0 Å². The van der Waals surface area contributed by atoms with Crippen LogP contribution in [0.25, 0.3) is 5.69 Å². The average molecular weight is 409 g/mol. The first kappa shape index (κ1) is 21.4. The van der Waals surface area contributed by atoms with Crippen LogP contribution in [0.1, 0.15) is 51.5 Å². The van der Waals surface area contributed by atoms with Crippen molar-refractivity contribution in [2.45, 2.75) is 52.0 Å². The molecule has 0 radical (unpaired) electrons. The molecule has 2 heterocycles. The van der Waals surface area contributed by atoms with Crippen molar-refractivity contribution in [1.82, 2.24) is 15.1 Å². The van der Waals surface area contributed by atoms with Crippen molar-refractivity contribution in [2.24, 2.45) is 0 Å². The molecule has 158 valence electrons. The molecular formula is C23H28N4O3. The van der Waals surface area contributed by atoms with Crippen LogP contribution in [0.2, 0.25) is 0 Å². The Balaban J connectivity index is 1.56. The van der Waals surface area contributed by atoms with Gasteiger partial charge in [0.15, 0.2) is 0 Å². The molecule has 0 unspecified atom stereocenters. The standard InChI is InChI=1S/C23H28N4O3/c1-23(2,3)19-15-20(27(26-19)17-9-5-4-6-10-17)25-22(29)13-7-12-21(28)24-16-18-11-8-14-30-18/h4-6,8-11,14-15H,7,12-13,16H2,1-3H3,(H,24,28)(H,25,29). The number of carbonyl (C=O) groups is 2. The van der Waals surface area contributed by atoms with Gasteiger partial charge >= 0.3 is 0 Å². The van der Waals surface area contributed by atoms with Crippen LogP contribution in [0.4, 0.5) is 5.82 Å². The zero-order valence-electron chi connectivity index (χ0n) is 17.6. The molecule has 0 fully saturated rings. The average Bonchev–Trinajstić information content (AvgIpc) is 3.37. The SMILES string of the molecule is CC(C)(C)c1cc(NC(=O)CCCC(=O)NCc2ccco2)n(-c2ccccc2)n1. The lowest BCUT2D eigenvalue weighted by molar-refractivity contribution is -0.121. The van der Waals surface area contributed by atoms with E-state index in [1.807, 2.05) is 36.4 Å². The molecule has 30 heavy (non-hydrogen) atoms. The summed E-state index contributed by atoms with van der Waals surface area (Å²) in [7, 11) is 0. The van der Waals surface area contributed by atoms with Gasteiger partial charge in [-0.05, 0) is 30.7 Å². The topological polar surface area (TPSA) is 89.2 Å². The quantitative estimate of drug-likeness (QED) is 0.585. The fraction of sp³-hybridized carbons (Fsp3) is 0.348. The van der Waals surface area contributed by atoms with Crippen molar-refractivity contribution in [3.63, 3.8) is 0 Å². The summed E-state index contributed by atoms with van der Waals surface area (Å²) in [5.74, 6) is 1.07. The maximum atomic E-state index is 12.5. The Bertz CT molecular complexity index is 970.